The van der Waals surface area contributed by atoms with Gasteiger partial charge in [-0.25, -0.2) is 4.98 Å². The molecule has 0 fully saturated rings. The summed E-state index contributed by atoms with van der Waals surface area (Å²) in [5.41, 5.74) is 2.53. The molecule has 0 saturated heterocycles. The van der Waals surface area contributed by atoms with Gasteiger partial charge >= 0.3 is 0 Å². The van der Waals surface area contributed by atoms with Crippen LogP contribution in [0.15, 0.2) is 12.3 Å². The molecule has 0 radical (unpaired) electrons. The smallest absolute Gasteiger partial charge is 0.131 e. The Balaban J connectivity index is 2.68. The minimum atomic E-state index is 0.515. The standard InChI is InChI=1S/C18H33N3/c1-13(2)8-16(6)21(7)18-15(5)9-17(12-20-18)11-19-10-14(3)4/h9,12-14,16,19H,8,10-11H2,1-7H3. The van der Waals surface area contributed by atoms with Gasteiger partial charge in [0, 0.05) is 25.8 Å². The molecule has 1 aromatic rings. The highest BCUT2D eigenvalue weighted by Crippen LogP contribution is 2.21. The first-order valence-electron chi connectivity index (χ1n) is 8.20. The Hall–Kier alpha value is -1.09. The van der Waals surface area contributed by atoms with Crippen LogP contribution in [0.25, 0.3) is 0 Å². The summed E-state index contributed by atoms with van der Waals surface area (Å²) in [5.74, 6) is 2.50. The second-order valence-electron chi connectivity index (χ2n) is 7.10. The molecular formula is C18H33N3. The van der Waals surface area contributed by atoms with Crippen LogP contribution >= 0.6 is 0 Å². The van der Waals surface area contributed by atoms with Gasteiger partial charge in [-0.3, -0.25) is 0 Å². The Morgan fingerprint density at radius 2 is 1.81 bits per heavy atom. The van der Waals surface area contributed by atoms with E-state index in [1.807, 2.05) is 6.20 Å². The van der Waals surface area contributed by atoms with Crippen LogP contribution in [0.5, 0.6) is 0 Å². The quantitative estimate of drug-likeness (QED) is 0.784. The van der Waals surface area contributed by atoms with Gasteiger partial charge in [0.25, 0.3) is 0 Å². The average Bonchev–Trinajstić information content (AvgIpc) is 2.37. The van der Waals surface area contributed by atoms with E-state index >= 15 is 0 Å². The second kappa shape index (κ2) is 8.38. The van der Waals surface area contributed by atoms with Crippen molar-refractivity contribution in [3.8, 4) is 0 Å². The predicted octanol–water partition coefficient (Wildman–Crippen LogP) is 4.01. The molecule has 0 aromatic carbocycles. The number of rotatable bonds is 8. The zero-order valence-corrected chi connectivity index (χ0v) is 14.9. The fraction of sp³-hybridized carbons (Fsp3) is 0.722. The fourth-order valence-electron chi connectivity index (χ4n) is 2.65. The average molecular weight is 291 g/mol. The Morgan fingerprint density at radius 1 is 1.14 bits per heavy atom. The summed E-state index contributed by atoms with van der Waals surface area (Å²) in [6.45, 7) is 15.4. The third-order valence-corrected chi connectivity index (χ3v) is 3.80. The van der Waals surface area contributed by atoms with Gasteiger partial charge in [-0.1, -0.05) is 27.7 Å². The minimum Gasteiger partial charge on any atom is -0.357 e. The molecule has 0 aliphatic carbocycles. The van der Waals surface area contributed by atoms with E-state index in [4.69, 9.17) is 4.98 Å². The van der Waals surface area contributed by atoms with Gasteiger partial charge in [0.05, 0.1) is 0 Å². The molecule has 120 valence electrons. The van der Waals surface area contributed by atoms with E-state index in [0.717, 1.165) is 18.9 Å². The summed E-state index contributed by atoms with van der Waals surface area (Å²) in [4.78, 5) is 7.00. The molecular weight excluding hydrogens is 258 g/mol. The molecule has 0 saturated carbocycles. The molecule has 0 spiro atoms. The zero-order chi connectivity index (χ0) is 16.0. The number of anilines is 1. The maximum Gasteiger partial charge on any atom is 0.131 e. The van der Waals surface area contributed by atoms with Crippen LogP contribution in [0, 0.1) is 18.8 Å². The maximum atomic E-state index is 4.69. The third-order valence-electron chi connectivity index (χ3n) is 3.80. The molecule has 1 aromatic heterocycles. The summed E-state index contributed by atoms with van der Waals surface area (Å²) in [7, 11) is 2.15. The van der Waals surface area contributed by atoms with E-state index in [-0.39, 0.29) is 0 Å². The van der Waals surface area contributed by atoms with E-state index in [2.05, 4.69) is 64.9 Å². The molecule has 21 heavy (non-hydrogen) atoms. The van der Waals surface area contributed by atoms with E-state index in [1.54, 1.807) is 0 Å². The van der Waals surface area contributed by atoms with Crippen LogP contribution in [0.4, 0.5) is 5.82 Å². The number of pyridine rings is 1. The molecule has 0 amide bonds. The highest BCUT2D eigenvalue weighted by Gasteiger charge is 2.15. The van der Waals surface area contributed by atoms with Crippen molar-refractivity contribution in [2.24, 2.45) is 11.8 Å². The Kier molecular flexibility index (Phi) is 7.16. The summed E-state index contributed by atoms with van der Waals surface area (Å²) in [6.07, 6.45) is 3.20. The van der Waals surface area contributed by atoms with Crippen LogP contribution in [0.3, 0.4) is 0 Å². The molecule has 1 heterocycles. The highest BCUT2D eigenvalue weighted by atomic mass is 15.2. The van der Waals surface area contributed by atoms with Crippen molar-refractivity contribution < 1.29 is 0 Å². The van der Waals surface area contributed by atoms with E-state index in [9.17, 15) is 0 Å². The van der Waals surface area contributed by atoms with Crippen molar-refractivity contribution in [1.82, 2.24) is 10.3 Å². The van der Waals surface area contributed by atoms with Crippen molar-refractivity contribution in [3.05, 3.63) is 23.4 Å². The topological polar surface area (TPSA) is 28.2 Å². The molecule has 3 nitrogen and oxygen atoms in total. The summed E-state index contributed by atoms with van der Waals surface area (Å²) < 4.78 is 0. The lowest BCUT2D eigenvalue weighted by Crippen LogP contribution is -2.31. The van der Waals surface area contributed by atoms with Crippen molar-refractivity contribution in [3.63, 3.8) is 0 Å². The Labute approximate surface area is 131 Å². The fourth-order valence-corrected chi connectivity index (χ4v) is 2.65. The number of aryl methyl sites for hydroxylation is 1. The Bertz CT molecular complexity index is 426. The molecule has 0 aliphatic heterocycles. The van der Waals surface area contributed by atoms with E-state index < -0.39 is 0 Å². The van der Waals surface area contributed by atoms with Crippen molar-refractivity contribution >= 4 is 5.82 Å². The van der Waals surface area contributed by atoms with Crippen LogP contribution in [0.2, 0.25) is 0 Å². The van der Waals surface area contributed by atoms with Crippen LogP contribution < -0.4 is 10.2 Å². The molecule has 0 aliphatic rings. The van der Waals surface area contributed by atoms with Gasteiger partial charge in [0.1, 0.15) is 5.82 Å². The van der Waals surface area contributed by atoms with Crippen LogP contribution in [-0.2, 0) is 6.54 Å². The van der Waals surface area contributed by atoms with Gasteiger partial charge < -0.3 is 10.2 Å². The molecule has 1 atom stereocenters. The van der Waals surface area contributed by atoms with Crippen molar-refractivity contribution in [1.29, 1.82) is 0 Å². The van der Waals surface area contributed by atoms with E-state index in [1.165, 1.54) is 17.5 Å². The van der Waals surface area contributed by atoms with Gasteiger partial charge in [0.15, 0.2) is 0 Å². The third kappa shape index (κ3) is 6.04. The molecule has 1 N–H and O–H groups in total. The van der Waals surface area contributed by atoms with Gasteiger partial charge in [-0.05, 0) is 55.8 Å². The number of nitrogens with zero attached hydrogens (tertiary/aromatic N) is 2. The second-order valence-corrected chi connectivity index (χ2v) is 7.10. The van der Waals surface area contributed by atoms with Crippen molar-refractivity contribution in [2.75, 3.05) is 18.5 Å². The van der Waals surface area contributed by atoms with Gasteiger partial charge in [-0.15, -0.1) is 0 Å². The first-order chi connectivity index (χ1) is 9.81. The zero-order valence-electron chi connectivity index (χ0n) is 14.9. The van der Waals surface area contributed by atoms with Crippen molar-refractivity contribution in [2.45, 2.75) is 60.5 Å². The molecule has 1 rings (SSSR count). The van der Waals surface area contributed by atoms with Gasteiger partial charge in [0.2, 0.25) is 0 Å². The Morgan fingerprint density at radius 3 is 2.33 bits per heavy atom. The molecule has 0 bridgehead atoms. The first-order valence-corrected chi connectivity index (χ1v) is 8.20. The lowest BCUT2D eigenvalue weighted by Gasteiger charge is -2.28. The van der Waals surface area contributed by atoms with Crippen LogP contribution in [-0.4, -0.2) is 24.6 Å². The SMILES string of the molecule is Cc1cc(CNCC(C)C)cnc1N(C)C(C)CC(C)C. The van der Waals surface area contributed by atoms with Crippen LogP contribution in [0.1, 0.15) is 52.2 Å². The summed E-state index contributed by atoms with van der Waals surface area (Å²) in [5, 5.41) is 3.47. The lowest BCUT2D eigenvalue weighted by molar-refractivity contribution is 0.501. The predicted molar refractivity (Wildman–Crippen MR) is 92.8 cm³/mol. The maximum absolute atomic E-state index is 4.69. The lowest BCUT2D eigenvalue weighted by atomic mass is 10.0. The summed E-state index contributed by atoms with van der Waals surface area (Å²) >= 11 is 0. The normalized spacial score (nSPS) is 13.0. The van der Waals surface area contributed by atoms with Gasteiger partial charge in [-0.2, -0.15) is 0 Å². The largest absolute Gasteiger partial charge is 0.357 e. The number of aromatic nitrogens is 1. The molecule has 3 heteroatoms. The minimum absolute atomic E-state index is 0.515. The number of hydrogen-bond donors (Lipinski definition) is 1. The highest BCUT2D eigenvalue weighted by molar-refractivity contribution is 5.47. The summed E-state index contributed by atoms with van der Waals surface area (Å²) in [6, 6.07) is 2.77. The monoisotopic (exact) mass is 291 g/mol. The number of hydrogen-bond acceptors (Lipinski definition) is 3. The molecule has 1 unspecified atom stereocenters. The first kappa shape index (κ1) is 18.0. The number of nitrogens with one attached hydrogen (secondary N) is 1. The van der Waals surface area contributed by atoms with E-state index in [0.29, 0.717) is 17.9 Å².